The van der Waals surface area contributed by atoms with Gasteiger partial charge < -0.3 is 14.8 Å². The van der Waals surface area contributed by atoms with Crippen molar-refractivity contribution in [3.05, 3.63) is 54.1 Å². The fraction of sp³-hybridized carbons (Fsp3) is 0.381. The Bertz CT molecular complexity index is 926. The molecular formula is C21H28N2O5S. The number of ether oxygens (including phenoxy) is 2. The molecule has 2 aromatic rings. The Balaban J connectivity index is 2.11. The van der Waals surface area contributed by atoms with E-state index in [1.807, 2.05) is 38.1 Å². The van der Waals surface area contributed by atoms with E-state index in [1.165, 1.54) is 7.11 Å². The first-order chi connectivity index (χ1) is 13.6. The topological polar surface area (TPSA) is 84.9 Å². The largest absolute Gasteiger partial charge is 0.497 e. The third kappa shape index (κ3) is 6.39. The number of methoxy groups -OCH3 is 1. The van der Waals surface area contributed by atoms with E-state index in [2.05, 4.69) is 5.32 Å². The van der Waals surface area contributed by atoms with E-state index in [1.54, 1.807) is 31.2 Å². The van der Waals surface area contributed by atoms with Gasteiger partial charge in [-0.15, -0.1) is 0 Å². The van der Waals surface area contributed by atoms with Crippen molar-refractivity contribution in [2.75, 3.05) is 17.7 Å². The molecule has 0 aromatic heterocycles. The minimum atomic E-state index is -3.69. The first-order valence-corrected chi connectivity index (χ1v) is 11.1. The molecule has 0 radical (unpaired) electrons. The van der Waals surface area contributed by atoms with Crippen LogP contribution in [-0.2, 0) is 21.4 Å². The van der Waals surface area contributed by atoms with Crippen molar-refractivity contribution in [3.8, 4) is 11.5 Å². The molecule has 158 valence electrons. The normalized spacial score (nSPS) is 12.3. The third-order valence-corrected chi connectivity index (χ3v) is 5.40. The Labute approximate surface area is 172 Å². The van der Waals surface area contributed by atoms with E-state index < -0.39 is 22.0 Å². The molecule has 7 nitrogen and oxygen atoms in total. The van der Waals surface area contributed by atoms with Crippen LogP contribution in [0.2, 0.25) is 0 Å². The highest BCUT2D eigenvalue weighted by atomic mass is 32.2. The average Bonchev–Trinajstić information content (AvgIpc) is 2.66. The van der Waals surface area contributed by atoms with Crippen LogP contribution in [0.1, 0.15) is 26.3 Å². The maximum absolute atomic E-state index is 12.7. The molecule has 0 bridgehead atoms. The zero-order valence-corrected chi connectivity index (χ0v) is 18.2. The molecule has 29 heavy (non-hydrogen) atoms. The fourth-order valence-corrected chi connectivity index (χ4v) is 4.02. The van der Waals surface area contributed by atoms with Gasteiger partial charge in [-0.25, -0.2) is 8.42 Å². The minimum absolute atomic E-state index is 0.0833. The van der Waals surface area contributed by atoms with E-state index in [-0.39, 0.29) is 12.6 Å². The number of hydrogen-bond donors (Lipinski definition) is 1. The molecule has 1 atom stereocenters. The summed E-state index contributed by atoms with van der Waals surface area (Å²) >= 11 is 0. The van der Waals surface area contributed by atoms with Crippen molar-refractivity contribution in [1.82, 2.24) is 5.32 Å². The van der Waals surface area contributed by atoms with Crippen molar-refractivity contribution < 1.29 is 22.7 Å². The van der Waals surface area contributed by atoms with Gasteiger partial charge in [-0.1, -0.05) is 18.2 Å². The minimum Gasteiger partial charge on any atom is -0.497 e. The summed E-state index contributed by atoms with van der Waals surface area (Å²) in [6.07, 6.45) is 1.16. The number of amides is 1. The second-order valence-corrected chi connectivity index (χ2v) is 8.82. The van der Waals surface area contributed by atoms with Gasteiger partial charge >= 0.3 is 0 Å². The zero-order chi connectivity index (χ0) is 21.6. The van der Waals surface area contributed by atoms with Crippen molar-refractivity contribution in [2.24, 2.45) is 0 Å². The zero-order valence-electron chi connectivity index (χ0n) is 17.4. The van der Waals surface area contributed by atoms with Gasteiger partial charge in [-0.2, -0.15) is 0 Å². The highest BCUT2D eigenvalue weighted by Gasteiger charge is 2.29. The van der Waals surface area contributed by atoms with Crippen LogP contribution in [0.25, 0.3) is 0 Å². The number of rotatable bonds is 9. The number of anilines is 1. The predicted octanol–water partition coefficient (Wildman–Crippen LogP) is 2.95. The fourth-order valence-electron chi connectivity index (χ4n) is 2.85. The average molecular weight is 421 g/mol. The number of nitrogens with one attached hydrogen (secondary N) is 1. The Kier molecular flexibility index (Phi) is 7.50. The summed E-state index contributed by atoms with van der Waals surface area (Å²) in [6.45, 7) is 5.73. The summed E-state index contributed by atoms with van der Waals surface area (Å²) < 4.78 is 36.6. The standard InChI is InChI=1S/C21H28N2O5S/c1-15(2)28-19-11-9-17(10-12-19)14-22-21(24)16(3)23(29(5,25)26)18-7-6-8-20(13-18)27-4/h6-13,15-16H,14H2,1-5H3,(H,22,24)/t16-/m0/s1. The highest BCUT2D eigenvalue weighted by Crippen LogP contribution is 2.25. The van der Waals surface area contributed by atoms with Gasteiger partial charge in [-0.3, -0.25) is 9.10 Å². The van der Waals surface area contributed by atoms with Gasteiger partial charge in [0, 0.05) is 12.6 Å². The lowest BCUT2D eigenvalue weighted by molar-refractivity contribution is -0.122. The number of carbonyl (C=O) groups excluding carboxylic acids is 1. The Morgan fingerprint density at radius 3 is 2.28 bits per heavy atom. The lowest BCUT2D eigenvalue weighted by Crippen LogP contribution is -2.47. The lowest BCUT2D eigenvalue weighted by Gasteiger charge is -2.28. The lowest BCUT2D eigenvalue weighted by atomic mass is 10.2. The molecule has 0 saturated carbocycles. The Hall–Kier alpha value is -2.74. The second-order valence-electron chi connectivity index (χ2n) is 6.96. The summed E-state index contributed by atoms with van der Waals surface area (Å²) in [6, 6.07) is 13.1. The van der Waals surface area contributed by atoms with Crippen molar-refractivity contribution >= 4 is 21.6 Å². The van der Waals surface area contributed by atoms with Gasteiger partial charge in [0.15, 0.2) is 0 Å². The molecule has 0 aliphatic carbocycles. The molecule has 2 rings (SSSR count). The number of nitrogens with zero attached hydrogens (tertiary/aromatic N) is 1. The van der Waals surface area contributed by atoms with Crippen LogP contribution < -0.4 is 19.1 Å². The van der Waals surface area contributed by atoms with Crippen molar-refractivity contribution in [3.63, 3.8) is 0 Å². The Morgan fingerprint density at radius 1 is 1.07 bits per heavy atom. The number of hydrogen-bond acceptors (Lipinski definition) is 5. The second kappa shape index (κ2) is 9.65. The van der Waals surface area contributed by atoms with E-state index in [9.17, 15) is 13.2 Å². The van der Waals surface area contributed by atoms with Gasteiger partial charge in [0.1, 0.15) is 17.5 Å². The summed E-state index contributed by atoms with van der Waals surface area (Å²) in [5.41, 5.74) is 1.25. The quantitative estimate of drug-likeness (QED) is 0.674. The van der Waals surface area contributed by atoms with Crippen LogP contribution in [0.3, 0.4) is 0 Å². The molecule has 0 fully saturated rings. The van der Waals surface area contributed by atoms with Gasteiger partial charge in [0.2, 0.25) is 15.9 Å². The van der Waals surface area contributed by atoms with E-state index in [4.69, 9.17) is 9.47 Å². The summed E-state index contributed by atoms with van der Waals surface area (Å²) in [7, 11) is -2.19. The SMILES string of the molecule is COc1cccc(N([C@@H](C)C(=O)NCc2ccc(OC(C)C)cc2)S(C)(=O)=O)c1. The molecule has 2 aromatic carbocycles. The summed E-state index contributed by atoms with van der Waals surface area (Å²) in [4.78, 5) is 12.7. The van der Waals surface area contributed by atoms with Gasteiger partial charge in [0.25, 0.3) is 0 Å². The molecule has 0 spiro atoms. The van der Waals surface area contributed by atoms with Crippen molar-refractivity contribution in [1.29, 1.82) is 0 Å². The van der Waals surface area contributed by atoms with Crippen LogP contribution in [0.15, 0.2) is 48.5 Å². The number of sulfonamides is 1. The van der Waals surface area contributed by atoms with E-state index in [0.717, 1.165) is 21.9 Å². The Morgan fingerprint density at radius 2 is 1.72 bits per heavy atom. The molecule has 1 amide bonds. The predicted molar refractivity (Wildman–Crippen MR) is 114 cm³/mol. The molecule has 0 aliphatic rings. The number of benzene rings is 2. The maximum Gasteiger partial charge on any atom is 0.243 e. The van der Waals surface area contributed by atoms with Crippen LogP contribution in [0, 0.1) is 0 Å². The molecule has 0 heterocycles. The van der Waals surface area contributed by atoms with Crippen molar-refractivity contribution in [2.45, 2.75) is 39.5 Å². The number of carbonyl (C=O) groups is 1. The first kappa shape index (κ1) is 22.5. The molecule has 1 N–H and O–H groups in total. The maximum atomic E-state index is 12.7. The molecule has 0 saturated heterocycles. The van der Waals surface area contributed by atoms with Gasteiger partial charge in [-0.05, 0) is 50.6 Å². The van der Waals surface area contributed by atoms with E-state index >= 15 is 0 Å². The van der Waals surface area contributed by atoms with Gasteiger partial charge in [0.05, 0.1) is 25.2 Å². The first-order valence-electron chi connectivity index (χ1n) is 9.28. The van der Waals surface area contributed by atoms with Crippen LogP contribution in [0.4, 0.5) is 5.69 Å². The molecule has 0 unspecified atom stereocenters. The van der Waals surface area contributed by atoms with Crippen LogP contribution in [0.5, 0.6) is 11.5 Å². The van der Waals surface area contributed by atoms with Crippen LogP contribution in [-0.4, -0.2) is 39.8 Å². The molecular weight excluding hydrogens is 392 g/mol. The smallest absolute Gasteiger partial charge is 0.243 e. The molecule has 0 aliphatic heterocycles. The summed E-state index contributed by atoms with van der Waals surface area (Å²) in [5.74, 6) is 0.859. The highest BCUT2D eigenvalue weighted by molar-refractivity contribution is 7.92. The monoisotopic (exact) mass is 420 g/mol. The molecule has 8 heteroatoms. The van der Waals surface area contributed by atoms with E-state index in [0.29, 0.717) is 11.4 Å². The van der Waals surface area contributed by atoms with Crippen LogP contribution >= 0.6 is 0 Å². The third-order valence-electron chi connectivity index (χ3n) is 4.16. The summed E-state index contributed by atoms with van der Waals surface area (Å²) in [5, 5.41) is 2.79.